The van der Waals surface area contributed by atoms with E-state index in [0.29, 0.717) is 12.2 Å². The average Bonchev–Trinajstić information content (AvgIpc) is 3.07. The van der Waals surface area contributed by atoms with Gasteiger partial charge in [0.25, 0.3) is 0 Å². The Morgan fingerprint density at radius 1 is 0.588 bits per heavy atom. The lowest BCUT2D eigenvalue weighted by Gasteiger charge is -2.01. The Labute approximate surface area is 107 Å². The third kappa shape index (κ3) is 5.72. The highest BCUT2D eigenvalue weighted by molar-refractivity contribution is 4.85. The van der Waals surface area contributed by atoms with E-state index in [1.807, 2.05) is 0 Å². The molecule has 2 atom stereocenters. The zero-order chi connectivity index (χ0) is 11.8. The summed E-state index contributed by atoms with van der Waals surface area (Å²) in [6.07, 6.45) is 22.4. The van der Waals surface area contributed by atoms with E-state index in [9.17, 15) is 0 Å². The van der Waals surface area contributed by atoms with Gasteiger partial charge in [0, 0.05) is 0 Å². The van der Waals surface area contributed by atoms with Crippen LogP contribution < -0.4 is 0 Å². The molecule has 1 aliphatic carbocycles. The summed E-state index contributed by atoms with van der Waals surface area (Å²) in [5.41, 5.74) is 0. The van der Waals surface area contributed by atoms with Gasteiger partial charge in [-0.1, -0.05) is 50.7 Å². The Morgan fingerprint density at radius 3 is 1.59 bits per heavy atom. The molecule has 0 aromatic rings. The van der Waals surface area contributed by atoms with Crippen LogP contribution in [0, 0.1) is 0 Å². The lowest BCUT2D eigenvalue weighted by molar-refractivity contribution is 0.348. The van der Waals surface area contributed by atoms with Crippen LogP contribution in [0.15, 0.2) is 12.2 Å². The first-order valence-electron chi connectivity index (χ1n) is 7.77. The van der Waals surface area contributed by atoms with Gasteiger partial charge in [0.1, 0.15) is 0 Å². The fourth-order valence-electron chi connectivity index (χ4n) is 2.85. The zero-order valence-electron chi connectivity index (χ0n) is 11.2. The Balaban J connectivity index is 1.63. The first-order chi connectivity index (χ1) is 8.47. The van der Waals surface area contributed by atoms with Crippen LogP contribution in [0.1, 0.15) is 77.0 Å². The monoisotopic (exact) mass is 236 g/mol. The molecule has 0 amide bonds. The molecule has 2 unspecified atom stereocenters. The number of fused-ring (bicyclic) bond motifs is 1. The van der Waals surface area contributed by atoms with E-state index < -0.39 is 0 Å². The predicted molar refractivity (Wildman–Crippen MR) is 73.2 cm³/mol. The predicted octanol–water partition coefficient (Wildman–Crippen LogP) is 5.00. The molecule has 0 bridgehead atoms. The second kappa shape index (κ2) is 7.92. The van der Waals surface area contributed by atoms with Gasteiger partial charge < -0.3 is 4.74 Å². The number of allylic oxidation sites excluding steroid dienone is 2. The van der Waals surface area contributed by atoms with Crippen molar-refractivity contribution in [2.75, 3.05) is 0 Å². The molecule has 1 heteroatoms. The second-order valence-electron chi connectivity index (χ2n) is 5.67. The minimum Gasteiger partial charge on any atom is -0.370 e. The van der Waals surface area contributed by atoms with E-state index in [0.717, 1.165) is 0 Å². The molecule has 1 heterocycles. The van der Waals surface area contributed by atoms with Crippen LogP contribution in [0.25, 0.3) is 0 Å². The number of hydrogen-bond donors (Lipinski definition) is 0. The van der Waals surface area contributed by atoms with Crippen molar-refractivity contribution in [3.8, 4) is 0 Å². The summed E-state index contributed by atoms with van der Waals surface area (Å²) >= 11 is 0. The van der Waals surface area contributed by atoms with Crippen LogP contribution in [-0.4, -0.2) is 12.2 Å². The first kappa shape index (κ1) is 13.1. The summed E-state index contributed by atoms with van der Waals surface area (Å²) in [4.78, 5) is 0. The van der Waals surface area contributed by atoms with Crippen LogP contribution in [0.5, 0.6) is 0 Å². The van der Waals surface area contributed by atoms with Crippen LogP contribution in [-0.2, 0) is 4.74 Å². The largest absolute Gasteiger partial charge is 0.370 e. The third-order valence-electron chi connectivity index (χ3n) is 4.07. The van der Waals surface area contributed by atoms with Crippen LogP contribution in [0.4, 0.5) is 0 Å². The Hall–Kier alpha value is -0.300. The molecular weight excluding hydrogens is 208 g/mol. The number of ether oxygens (including phenoxy) is 1. The highest BCUT2D eigenvalue weighted by Gasteiger charge is 2.36. The highest BCUT2D eigenvalue weighted by atomic mass is 16.6. The van der Waals surface area contributed by atoms with Gasteiger partial charge in [-0.05, 0) is 38.5 Å². The van der Waals surface area contributed by atoms with E-state index in [1.54, 1.807) is 0 Å². The topological polar surface area (TPSA) is 12.5 Å². The fraction of sp³-hybridized carbons (Fsp3) is 0.875. The quantitative estimate of drug-likeness (QED) is 0.425. The molecule has 2 rings (SSSR count). The van der Waals surface area contributed by atoms with Crippen LogP contribution >= 0.6 is 0 Å². The molecule has 1 saturated heterocycles. The molecule has 1 fully saturated rings. The lowest BCUT2D eigenvalue weighted by Crippen LogP contribution is -1.95. The van der Waals surface area contributed by atoms with Gasteiger partial charge in [0.2, 0.25) is 0 Å². The lowest BCUT2D eigenvalue weighted by atomic mass is 10.0. The molecule has 98 valence electrons. The standard InChI is InChI=1S/C16H28O/c1-2-4-6-8-10-12-14-16-15(17-16)13-11-9-7-5-3-1/h1-2,15-16H,3-14H2/b2-1+. The summed E-state index contributed by atoms with van der Waals surface area (Å²) in [6, 6.07) is 0. The smallest absolute Gasteiger partial charge is 0.0841 e. The van der Waals surface area contributed by atoms with Gasteiger partial charge >= 0.3 is 0 Å². The van der Waals surface area contributed by atoms with Crippen molar-refractivity contribution in [1.82, 2.24) is 0 Å². The maximum Gasteiger partial charge on any atom is 0.0841 e. The summed E-state index contributed by atoms with van der Waals surface area (Å²) in [5, 5.41) is 0. The maximum atomic E-state index is 5.73. The van der Waals surface area contributed by atoms with Gasteiger partial charge in [-0.3, -0.25) is 0 Å². The SMILES string of the molecule is C1=C/CCCCCCC2OC2CCCCCC/1. The number of hydrogen-bond acceptors (Lipinski definition) is 1. The number of epoxide rings is 1. The molecule has 0 N–H and O–H groups in total. The van der Waals surface area contributed by atoms with Gasteiger partial charge in [-0.25, -0.2) is 0 Å². The molecular formula is C16H28O. The Morgan fingerprint density at radius 2 is 1.06 bits per heavy atom. The first-order valence-corrected chi connectivity index (χ1v) is 7.77. The van der Waals surface area contributed by atoms with Crippen molar-refractivity contribution in [2.45, 2.75) is 89.3 Å². The maximum absolute atomic E-state index is 5.73. The highest BCUT2D eigenvalue weighted by Crippen LogP contribution is 2.31. The zero-order valence-corrected chi connectivity index (χ0v) is 11.2. The van der Waals surface area contributed by atoms with Crippen LogP contribution in [0.3, 0.4) is 0 Å². The van der Waals surface area contributed by atoms with Gasteiger partial charge in [0.05, 0.1) is 12.2 Å². The Bertz CT molecular complexity index is 200. The van der Waals surface area contributed by atoms with Crippen molar-refractivity contribution in [3.63, 3.8) is 0 Å². The molecule has 2 aliphatic rings. The summed E-state index contributed by atoms with van der Waals surface area (Å²) in [6.45, 7) is 0. The molecule has 1 aliphatic heterocycles. The summed E-state index contributed by atoms with van der Waals surface area (Å²) in [7, 11) is 0. The fourth-order valence-corrected chi connectivity index (χ4v) is 2.85. The van der Waals surface area contributed by atoms with Gasteiger partial charge in [-0.15, -0.1) is 0 Å². The van der Waals surface area contributed by atoms with Crippen LogP contribution in [0.2, 0.25) is 0 Å². The molecule has 1 nitrogen and oxygen atoms in total. The van der Waals surface area contributed by atoms with E-state index in [2.05, 4.69) is 12.2 Å². The van der Waals surface area contributed by atoms with Crippen molar-refractivity contribution in [3.05, 3.63) is 12.2 Å². The average molecular weight is 236 g/mol. The minimum absolute atomic E-state index is 0.641. The minimum atomic E-state index is 0.641. The normalized spacial score (nSPS) is 34.8. The van der Waals surface area contributed by atoms with Crippen molar-refractivity contribution in [1.29, 1.82) is 0 Å². The van der Waals surface area contributed by atoms with Crippen molar-refractivity contribution < 1.29 is 4.74 Å². The molecule has 0 radical (unpaired) electrons. The van der Waals surface area contributed by atoms with E-state index in [4.69, 9.17) is 4.74 Å². The van der Waals surface area contributed by atoms with Gasteiger partial charge in [0.15, 0.2) is 0 Å². The molecule has 0 aromatic carbocycles. The molecule has 17 heavy (non-hydrogen) atoms. The van der Waals surface area contributed by atoms with E-state index in [-0.39, 0.29) is 0 Å². The van der Waals surface area contributed by atoms with E-state index in [1.165, 1.54) is 77.0 Å². The Kier molecular flexibility index (Phi) is 6.12. The number of rotatable bonds is 0. The second-order valence-corrected chi connectivity index (χ2v) is 5.67. The molecule has 0 aromatic heterocycles. The van der Waals surface area contributed by atoms with Crippen molar-refractivity contribution in [2.24, 2.45) is 0 Å². The summed E-state index contributed by atoms with van der Waals surface area (Å²) < 4.78 is 5.73. The van der Waals surface area contributed by atoms with E-state index >= 15 is 0 Å². The molecule has 0 spiro atoms. The third-order valence-corrected chi connectivity index (χ3v) is 4.07. The summed E-state index contributed by atoms with van der Waals surface area (Å²) in [5.74, 6) is 0. The van der Waals surface area contributed by atoms with Gasteiger partial charge in [-0.2, -0.15) is 0 Å². The molecule has 0 saturated carbocycles. The van der Waals surface area contributed by atoms with Crippen molar-refractivity contribution >= 4 is 0 Å².